The van der Waals surface area contributed by atoms with Crippen molar-refractivity contribution in [1.82, 2.24) is 4.98 Å². The number of hydrogen-bond acceptors (Lipinski definition) is 3. The van der Waals surface area contributed by atoms with Crippen LogP contribution in [0.4, 0.5) is 10.2 Å². The van der Waals surface area contributed by atoms with Gasteiger partial charge in [-0.15, -0.1) is 0 Å². The molecule has 1 aromatic carbocycles. The van der Waals surface area contributed by atoms with Gasteiger partial charge in [-0.3, -0.25) is 0 Å². The predicted octanol–water partition coefficient (Wildman–Crippen LogP) is 4.63. The van der Waals surface area contributed by atoms with Gasteiger partial charge in [0.05, 0.1) is 22.8 Å². The van der Waals surface area contributed by atoms with Crippen molar-refractivity contribution in [3.05, 3.63) is 40.1 Å². The lowest BCUT2D eigenvalue weighted by Gasteiger charge is -2.11. The molecule has 0 spiro atoms. The molecule has 0 amide bonds. The van der Waals surface area contributed by atoms with E-state index in [0.29, 0.717) is 39.4 Å². The highest BCUT2D eigenvalue weighted by atomic mass is 35.5. The van der Waals surface area contributed by atoms with Crippen molar-refractivity contribution >= 4 is 29.0 Å². The molecule has 0 aliphatic heterocycles. The summed E-state index contributed by atoms with van der Waals surface area (Å²) in [6.07, 6.45) is 0. The van der Waals surface area contributed by atoms with Gasteiger partial charge in [-0.05, 0) is 25.1 Å². The maximum absolute atomic E-state index is 14.1. The molecule has 1 heterocycles. The van der Waals surface area contributed by atoms with Gasteiger partial charge in [-0.25, -0.2) is 9.37 Å². The van der Waals surface area contributed by atoms with Crippen molar-refractivity contribution < 1.29 is 9.13 Å². The second-order valence-corrected chi connectivity index (χ2v) is 4.84. The Balaban J connectivity index is 2.54. The third-order valence-corrected chi connectivity index (χ3v) is 3.28. The van der Waals surface area contributed by atoms with Crippen LogP contribution in [0.3, 0.4) is 0 Å². The summed E-state index contributed by atoms with van der Waals surface area (Å²) in [7, 11) is 1.48. The van der Waals surface area contributed by atoms with Crippen molar-refractivity contribution in [3.63, 3.8) is 0 Å². The first-order valence-corrected chi connectivity index (χ1v) is 6.76. The highest BCUT2D eigenvalue weighted by Crippen LogP contribution is 2.34. The number of halogens is 3. The number of nitrogens with zero attached hydrogens (tertiary/aromatic N) is 1. The van der Waals surface area contributed by atoms with Gasteiger partial charge in [-0.1, -0.05) is 23.2 Å². The second kappa shape index (κ2) is 6.29. The van der Waals surface area contributed by atoms with E-state index in [1.54, 1.807) is 18.2 Å². The molecule has 20 heavy (non-hydrogen) atoms. The smallest absolute Gasteiger partial charge is 0.145 e. The molecule has 2 rings (SSSR count). The summed E-state index contributed by atoms with van der Waals surface area (Å²) in [5, 5.41) is 3.70. The number of hydrogen-bond donors (Lipinski definition) is 1. The maximum atomic E-state index is 14.1. The molecule has 6 heteroatoms. The number of rotatable bonds is 4. The number of nitrogens with one attached hydrogen (secondary N) is 1. The summed E-state index contributed by atoms with van der Waals surface area (Å²) < 4.78 is 19.1. The normalized spacial score (nSPS) is 10.4. The quantitative estimate of drug-likeness (QED) is 0.893. The number of benzene rings is 1. The highest BCUT2D eigenvalue weighted by Gasteiger charge is 2.15. The molecule has 1 aromatic heterocycles. The average molecular weight is 315 g/mol. The molecule has 0 saturated carbocycles. The molecular formula is C14H13Cl2FN2O. The van der Waals surface area contributed by atoms with Gasteiger partial charge in [0, 0.05) is 18.2 Å². The molecule has 0 radical (unpaired) electrons. The number of anilines is 1. The molecule has 1 N–H and O–H groups in total. The van der Waals surface area contributed by atoms with E-state index in [0.717, 1.165) is 0 Å². The Morgan fingerprint density at radius 1 is 1.25 bits per heavy atom. The fourth-order valence-corrected chi connectivity index (χ4v) is 2.29. The van der Waals surface area contributed by atoms with Crippen LogP contribution in [-0.2, 0) is 0 Å². The number of pyridine rings is 1. The minimum absolute atomic E-state index is 0.292. The van der Waals surface area contributed by atoms with Gasteiger partial charge < -0.3 is 10.1 Å². The summed E-state index contributed by atoms with van der Waals surface area (Å²) in [6.45, 7) is 2.57. The highest BCUT2D eigenvalue weighted by molar-refractivity contribution is 6.37. The summed E-state index contributed by atoms with van der Waals surface area (Å²) in [6, 6.07) is 6.06. The fraction of sp³-hybridized carbons (Fsp3) is 0.214. The zero-order valence-electron chi connectivity index (χ0n) is 11.0. The molecule has 0 saturated heterocycles. The third-order valence-electron chi connectivity index (χ3n) is 2.71. The van der Waals surface area contributed by atoms with Crippen LogP contribution in [0.1, 0.15) is 6.92 Å². The van der Waals surface area contributed by atoms with Gasteiger partial charge >= 0.3 is 0 Å². The Morgan fingerprint density at radius 2 is 2.00 bits per heavy atom. The van der Waals surface area contributed by atoms with E-state index in [9.17, 15) is 4.39 Å². The lowest BCUT2D eigenvalue weighted by Crippen LogP contribution is -2.02. The summed E-state index contributed by atoms with van der Waals surface area (Å²) in [4.78, 5) is 4.29. The molecular weight excluding hydrogens is 302 g/mol. The minimum atomic E-state index is -0.455. The Labute approximate surface area is 126 Å². The molecule has 0 atom stereocenters. The first-order valence-electron chi connectivity index (χ1n) is 6.00. The Morgan fingerprint density at radius 3 is 2.60 bits per heavy atom. The first-order chi connectivity index (χ1) is 9.56. The molecule has 0 unspecified atom stereocenters. The van der Waals surface area contributed by atoms with E-state index in [4.69, 9.17) is 27.9 Å². The Bertz CT molecular complexity index is 635. The van der Waals surface area contributed by atoms with E-state index >= 15 is 0 Å². The van der Waals surface area contributed by atoms with Crippen molar-refractivity contribution in [2.75, 3.05) is 19.0 Å². The van der Waals surface area contributed by atoms with Crippen LogP contribution in [-0.4, -0.2) is 18.6 Å². The fourth-order valence-electron chi connectivity index (χ4n) is 1.76. The molecule has 0 fully saturated rings. The summed E-state index contributed by atoms with van der Waals surface area (Å²) in [5.41, 5.74) is 0.638. The number of methoxy groups -OCH3 is 1. The maximum Gasteiger partial charge on any atom is 0.145 e. The van der Waals surface area contributed by atoms with Gasteiger partial charge in [0.2, 0.25) is 0 Å². The van der Waals surface area contributed by atoms with E-state index in [1.807, 2.05) is 6.92 Å². The lowest BCUT2D eigenvalue weighted by atomic mass is 10.1. The van der Waals surface area contributed by atoms with Crippen LogP contribution in [0.25, 0.3) is 11.3 Å². The Hall–Kier alpha value is -1.52. The van der Waals surface area contributed by atoms with Crippen LogP contribution >= 0.6 is 23.2 Å². The predicted molar refractivity (Wildman–Crippen MR) is 80.4 cm³/mol. The number of ether oxygens (including phenoxy) is 1. The van der Waals surface area contributed by atoms with Crippen LogP contribution in [0, 0.1) is 5.82 Å². The molecule has 0 aliphatic carbocycles. The van der Waals surface area contributed by atoms with Crippen LogP contribution in [0.5, 0.6) is 5.75 Å². The van der Waals surface area contributed by atoms with Crippen LogP contribution < -0.4 is 10.1 Å². The van der Waals surface area contributed by atoms with Gasteiger partial charge in [-0.2, -0.15) is 0 Å². The third kappa shape index (κ3) is 2.97. The van der Waals surface area contributed by atoms with Crippen molar-refractivity contribution in [2.45, 2.75) is 6.92 Å². The van der Waals surface area contributed by atoms with Gasteiger partial charge in [0.1, 0.15) is 17.4 Å². The van der Waals surface area contributed by atoms with Crippen LogP contribution in [0.2, 0.25) is 10.0 Å². The summed E-state index contributed by atoms with van der Waals surface area (Å²) >= 11 is 12.1. The van der Waals surface area contributed by atoms with Crippen molar-refractivity contribution in [3.8, 4) is 17.0 Å². The molecule has 3 nitrogen and oxygen atoms in total. The molecule has 0 aliphatic rings. The van der Waals surface area contributed by atoms with E-state index in [-0.39, 0.29) is 0 Å². The molecule has 106 valence electrons. The van der Waals surface area contributed by atoms with E-state index in [2.05, 4.69) is 10.3 Å². The second-order valence-electron chi connectivity index (χ2n) is 4.03. The zero-order chi connectivity index (χ0) is 14.7. The SMILES string of the molecule is CCNc1nc(-c2ccc(OC)cc2F)c(Cl)cc1Cl. The first kappa shape index (κ1) is 14.9. The zero-order valence-corrected chi connectivity index (χ0v) is 12.5. The van der Waals surface area contributed by atoms with Crippen molar-refractivity contribution in [2.24, 2.45) is 0 Å². The van der Waals surface area contributed by atoms with E-state index in [1.165, 1.54) is 13.2 Å². The molecule has 0 bridgehead atoms. The standard InChI is InChI=1S/C14H13Cl2FN2O/c1-3-18-14-11(16)7-10(15)13(19-14)9-5-4-8(20-2)6-12(9)17/h4-7H,3H2,1-2H3,(H,18,19). The summed E-state index contributed by atoms with van der Waals surface area (Å²) in [5.74, 6) is 0.454. The molecule has 2 aromatic rings. The van der Waals surface area contributed by atoms with Crippen molar-refractivity contribution in [1.29, 1.82) is 0 Å². The Kier molecular flexibility index (Phi) is 4.68. The van der Waals surface area contributed by atoms with Gasteiger partial charge in [0.15, 0.2) is 0 Å². The largest absolute Gasteiger partial charge is 0.497 e. The van der Waals surface area contributed by atoms with E-state index < -0.39 is 5.82 Å². The topological polar surface area (TPSA) is 34.2 Å². The lowest BCUT2D eigenvalue weighted by molar-refractivity contribution is 0.411. The number of aromatic nitrogens is 1. The van der Waals surface area contributed by atoms with Gasteiger partial charge in [0.25, 0.3) is 0 Å². The average Bonchev–Trinajstić information content (AvgIpc) is 2.42. The van der Waals surface area contributed by atoms with Crippen LogP contribution in [0.15, 0.2) is 24.3 Å². The monoisotopic (exact) mass is 314 g/mol. The minimum Gasteiger partial charge on any atom is -0.497 e.